The van der Waals surface area contributed by atoms with Crippen LogP contribution < -0.4 is 16.0 Å². The standard InChI is InChI=1S/C12H25N3O4/c1-3-11(16)14-5-7-18-9-10-19-8-6-15-12(17)13-4-2/h3-10H2,1-2H3,(H,14,16)(H2,13,15,17). The van der Waals surface area contributed by atoms with Crippen LogP contribution in [-0.4, -0.2) is 58.0 Å². The number of amides is 3. The Balaban J connectivity index is 3.11. The van der Waals surface area contributed by atoms with Crippen molar-refractivity contribution in [3.63, 3.8) is 0 Å². The van der Waals surface area contributed by atoms with Crippen molar-refractivity contribution in [1.29, 1.82) is 0 Å². The van der Waals surface area contributed by atoms with Crippen LogP contribution in [0.5, 0.6) is 0 Å². The summed E-state index contributed by atoms with van der Waals surface area (Å²) in [6.07, 6.45) is 0.488. The van der Waals surface area contributed by atoms with Crippen molar-refractivity contribution in [3.8, 4) is 0 Å². The van der Waals surface area contributed by atoms with Gasteiger partial charge in [0.1, 0.15) is 0 Å². The average molecular weight is 275 g/mol. The summed E-state index contributed by atoms with van der Waals surface area (Å²) >= 11 is 0. The highest BCUT2D eigenvalue weighted by molar-refractivity contribution is 5.75. The van der Waals surface area contributed by atoms with Gasteiger partial charge in [-0.3, -0.25) is 4.79 Å². The van der Waals surface area contributed by atoms with Crippen LogP contribution >= 0.6 is 0 Å². The molecule has 0 aliphatic rings. The Hall–Kier alpha value is -1.34. The molecule has 0 unspecified atom stereocenters. The molecule has 0 radical (unpaired) electrons. The van der Waals surface area contributed by atoms with Gasteiger partial charge in [-0.15, -0.1) is 0 Å². The van der Waals surface area contributed by atoms with Gasteiger partial charge in [-0.1, -0.05) is 6.92 Å². The summed E-state index contributed by atoms with van der Waals surface area (Å²) in [6, 6.07) is -0.186. The SMILES string of the molecule is CCNC(=O)NCCOCCOCCNC(=O)CC. The molecule has 0 aromatic carbocycles. The van der Waals surface area contributed by atoms with Crippen molar-refractivity contribution in [2.75, 3.05) is 46.1 Å². The van der Waals surface area contributed by atoms with Crippen molar-refractivity contribution in [3.05, 3.63) is 0 Å². The van der Waals surface area contributed by atoms with E-state index in [4.69, 9.17) is 9.47 Å². The minimum absolute atomic E-state index is 0.0243. The third-order valence-electron chi connectivity index (χ3n) is 2.13. The van der Waals surface area contributed by atoms with E-state index < -0.39 is 0 Å². The molecule has 0 aliphatic carbocycles. The van der Waals surface area contributed by atoms with Gasteiger partial charge in [0, 0.05) is 26.1 Å². The lowest BCUT2D eigenvalue weighted by Crippen LogP contribution is -2.37. The third-order valence-corrected chi connectivity index (χ3v) is 2.13. The highest BCUT2D eigenvalue weighted by Gasteiger charge is 1.97. The van der Waals surface area contributed by atoms with Gasteiger partial charge >= 0.3 is 6.03 Å². The molecule has 0 saturated heterocycles. The van der Waals surface area contributed by atoms with Crippen molar-refractivity contribution in [2.24, 2.45) is 0 Å². The normalized spacial score (nSPS) is 10.0. The van der Waals surface area contributed by atoms with Crippen LogP contribution in [0.25, 0.3) is 0 Å². The molecule has 0 saturated carbocycles. The van der Waals surface area contributed by atoms with Crippen molar-refractivity contribution < 1.29 is 19.1 Å². The molecule has 3 N–H and O–H groups in total. The molecule has 0 aliphatic heterocycles. The van der Waals surface area contributed by atoms with E-state index in [1.807, 2.05) is 6.92 Å². The molecule has 0 aromatic heterocycles. The molecule has 19 heavy (non-hydrogen) atoms. The van der Waals surface area contributed by atoms with E-state index in [1.165, 1.54) is 0 Å². The summed E-state index contributed by atoms with van der Waals surface area (Å²) in [5.41, 5.74) is 0. The summed E-state index contributed by atoms with van der Waals surface area (Å²) < 4.78 is 10.5. The lowest BCUT2D eigenvalue weighted by Gasteiger charge is -2.08. The largest absolute Gasteiger partial charge is 0.377 e. The topological polar surface area (TPSA) is 88.7 Å². The Morgan fingerprint density at radius 1 is 0.842 bits per heavy atom. The summed E-state index contributed by atoms with van der Waals surface area (Å²) in [7, 11) is 0. The fourth-order valence-electron chi connectivity index (χ4n) is 1.17. The van der Waals surface area contributed by atoms with Crippen molar-refractivity contribution in [2.45, 2.75) is 20.3 Å². The van der Waals surface area contributed by atoms with E-state index in [-0.39, 0.29) is 11.9 Å². The lowest BCUT2D eigenvalue weighted by atomic mass is 10.4. The zero-order valence-corrected chi connectivity index (χ0v) is 11.8. The van der Waals surface area contributed by atoms with Gasteiger partial charge in [0.25, 0.3) is 0 Å². The second kappa shape index (κ2) is 13.1. The molecule has 0 atom stereocenters. The van der Waals surface area contributed by atoms with Gasteiger partial charge in [0.2, 0.25) is 5.91 Å². The van der Waals surface area contributed by atoms with E-state index in [0.717, 1.165) is 0 Å². The molecule has 0 fully saturated rings. The Labute approximate surface area is 114 Å². The van der Waals surface area contributed by atoms with E-state index in [2.05, 4.69) is 16.0 Å². The average Bonchev–Trinajstić information content (AvgIpc) is 2.40. The molecular weight excluding hydrogens is 250 g/mol. The van der Waals surface area contributed by atoms with E-state index in [1.54, 1.807) is 6.92 Å². The Morgan fingerprint density at radius 2 is 1.42 bits per heavy atom. The zero-order chi connectivity index (χ0) is 14.3. The van der Waals surface area contributed by atoms with Gasteiger partial charge in [-0.05, 0) is 6.92 Å². The number of carbonyl (C=O) groups is 2. The fraction of sp³-hybridized carbons (Fsp3) is 0.833. The number of hydrogen-bond acceptors (Lipinski definition) is 4. The van der Waals surface area contributed by atoms with Gasteiger partial charge < -0.3 is 25.4 Å². The number of hydrogen-bond donors (Lipinski definition) is 3. The van der Waals surface area contributed by atoms with Crippen molar-refractivity contribution in [1.82, 2.24) is 16.0 Å². The van der Waals surface area contributed by atoms with E-state index in [0.29, 0.717) is 52.5 Å². The predicted octanol–water partition coefficient (Wildman–Crippen LogP) is -0.135. The second-order valence-electron chi connectivity index (χ2n) is 3.71. The van der Waals surface area contributed by atoms with Gasteiger partial charge in [-0.2, -0.15) is 0 Å². The summed E-state index contributed by atoms with van der Waals surface area (Å²) in [4.78, 5) is 21.9. The maximum Gasteiger partial charge on any atom is 0.314 e. The Morgan fingerprint density at radius 3 is 1.95 bits per heavy atom. The van der Waals surface area contributed by atoms with Gasteiger partial charge in [0.15, 0.2) is 0 Å². The van der Waals surface area contributed by atoms with Crippen LogP contribution in [0, 0.1) is 0 Å². The van der Waals surface area contributed by atoms with Crippen LogP contribution in [0.15, 0.2) is 0 Å². The van der Waals surface area contributed by atoms with Gasteiger partial charge in [0.05, 0.1) is 26.4 Å². The van der Waals surface area contributed by atoms with Gasteiger partial charge in [-0.25, -0.2) is 4.79 Å². The smallest absolute Gasteiger partial charge is 0.314 e. The van der Waals surface area contributed by atoms with Crippen LogP contribution in [0.4, 0.5) is 4.79 Å². The monoisotopic (exact) mass is 275 g/mol. The van der Waals surface area contributed by atoms with Crippen LogP contribution in [0.3, 0.4) is 0 Å². The summed E-state index contributed by atoms with van der Waals surface area (Å²) in [6.45, 7) is 7.13. The first kappa shape index (κ1) is 17.7. The maximum atomic E-state index is 11.0. The molecule has 0 heterocycles. The number of rotatable bonds is 11. The van der Waals surface area contributed by atoms with Crippen LogP contribution in [-0.2, 0) is 14.3 Å². The second-order valence-corrected chi connectivity index (χ2v) is 3.71. The third kappa shape index (κ3) is 12.9. The highest BCUT2D eigenvalue weighted by atomic mass is 16.5. The maximum absolute atomic E-state index is 11.0. The molecule has 112 valence electrons. The highest BCUT2D eigenvalue weighted by Crippen LogP contribution is 1.79. The zero-order valence-electron chi connectivity index (χ0n) is 11.8. The molecular formula is C12H25N3O4. The molecule has 0 rings (SSSR count). The van der Waals surface area contributed by atoms with E-state index >= 15 is 0 Å². The number of carbonyl (C=O) groups excluding carboxylic acids is 2. The number of nitrogens with one attached hydrogen (secondary N) is 3. The van der Waals surface area contributed by atoms with Crippen LogP contribution in [0.2, 0.25) is 0 Å². The fourth-order valence-corrected chi connectivity index (χ4v) is 1.17. The first-order valence-corrected chi connectivity index (χ1v) is 6.64. The Bertz CT molecular complexity index is 249. The molecule has 0 aromatic rings. The molecule has 0 bridgehead atoms. The minimum atomic E-state index is -0.186. The van der Waals surface area contributed by atoms with Crippen LogP contribution in [0.1, 0.15) is 20.3 Å². The van der Waals surface area contributed by atoms with E-state index in [9.17, 15) is 9.59 Å². The number of ether oxygens (including phenoxy) is 2. The quantitative estimate of drug-likeness (QED) is 0.458. The lowest BCUT2D eigenvalue weighted by molar-refractivity contribution is -0.121. The summed E-state index contributed by atoms with van der Waals surface area (Å²) in [5.74, 6) is 0.0243. The molecule has 0 spiro atoms. The summed E-state index contributed by atoms with van der Waals surface area (Å²) in [5, 5.41) is 7.98. The van der Waals surface area contributed by atoms with Crippen molar-refractivity contribution >= 4 is 11.9 Å². The first-order chi connectivity index (χ1) is 9.20. The number of urea groups is 1. The molecule has 3 amide bonds. The molecule has 7 nitrogen and oxygen atoms in total. The Kier molecular flexibility index (Phi) is 12.2. The predicted molar refractivity (Wildman–Crippen MR) is 72.0 cm³/mol. The minimum Gasteiger partial charge on any atom is -0.377 e. The molecule has 7 heteroatoms. The first-order valence-electron chi connectivity index (χ1n) is 6.64.